The van der Waals surface area contributed by atoms with Crippen LogP contribution < -0.4 is 15.8 Å². The van der Waals surface area contributed by atoms with Gasteiger partial charge in [0.05, 0.1) is 48.2 Å². The van der Waals surface area contributed by atoms with Crippen LogP contribution in [0, 0.1) is 11.6 Å². The van der Waals surface area contributed by atoms with Gasteiger partial charge in [0.1, 0.15) is 42.2 Å². The first-order valence-corrected chi connectivity index (χ1v) is 13.9. The lowest BCUT2D eigenvalue weighted by Gasteiger charge is -2.29. The maximum atomic E-state index is 14.8. The summed E-state index contributed by atoms with van der Waals surface area (Å²) < 4.78 is 73.8. The number of nitrogens with two attached hydrogens (primary N) is 1. The van der Waals surface area contributed by atoms with Crippen LogP contribution in [0.4, 0.5) is 32.7 Å². The molecule has 1 aliphatic heterocycles. The van der Waals surface area contributed by atoms with Crippen LogP contribution in [0.25, 0.3) is 11.3 Å². The number of hydrogen-bond acceptors (Lipinski definition) is 8. The maximum Gasteiger partial charge on any atom is 0.405 e. The van der Waals surface area contributed by atoms with Crippen LogP contribution in [-0.4, -0.2) is 60.1 Å². The highest BCUT2D eigenvalue weighted by Gasteiger charge is 2.35. The summed E-state index contributed by atoms with van der Waals surface area (Å²) in [4.78, 5) is 25.8. The number of carbonyl (C=O) groups is 1. The number of fused-ring (bicyclic) bond motifs is 1. The van der Waals surface area contributed by atoms with E-state index in [-0.39, 0.29) is 76.9 Å². The Kier molecular flexibility index (Phi) is 9.00. The smallest absolute Gasteiger partial charge is 0.405 e. The minimum atomic E-state index is -4.61. The number of anilines is 1. The van der Waals surface area contributed by atoms with E-state index in [0.717, 1.165) is 17.0 Å². The second-order valence-corrected chi connectivity index (χ2v) is 10.9. The van der Waals surface area contributed by atoms with Crippen LogP contribution in [0.15, 0.2) is 43.0 Å². The molecule has 5 rings (SSSR count). The summed E-state index contributed by atoms with van der Waals surface area (Å²) >= 11 is 12.8. The standard InChI is InChI=1S/C27H23Cl2F5N8O3/c28-14-5-18(29)22(23-16-8-41(9-20(16)39-24(35)40-23)25(43)37-10-27(32,33)34)21(6-14)45-4-3-26(44,11-42-13-36-12-38-42)17-2-1-15(30)7-19(17)31/h1-2,5-7,12-13,44H,3-4,8-11H2,(H,37,43)(H2,35,39,40). The summed E-state index contributed by atoms with van der Waals surface area (Å²) in [6.07, 6.45) is -2.30. The van der Waals surface area contributed by atoms with Crippen LogP contribution in [-0.2, 0) is 25.2 Å². The first-order valence-electron chi connectivity index (χ1n) is 13.1. The predicted octanol–water partition coefficient (Wildman–Crippen LogP) is 4.85. The van der Waals surface area contributed by atoms with E-state index >= 15 is 0 Å². The molecule has 0 spiro atoms. The van der Waals surface area contributed by atoms with E-state index in [0.29, 0.717) is 11.6 Å². The highest BCUT2D eigenvalue weighted by Crippen LogP contribution is 2.43. The van der Waals surface area contributed by atoms with Crippen molar-refractivity contribution in [3.05, 3.63) is 81.5 Å². The van der Waals surface area contributed by atoms with Crippen molar-refractivity contribution in [2.24, 2.45) is 0 Å². The third-order valence-corrected chi connectivity index (χ3v) is 7.39. The quantitative estimate of drug-likeness (QED) is 0.214. The molecule has 18 heteroatoms. The van der Waals surface area contributed by atoms with Crippen molar-refractivity contribution >= 4 is 35.2 Å². The monoisotopic (exact) mass is 672 g/mol. The Hall–Kier alpha value is -4.28. The number of hydrogen-bond donors (Lipinski definition) is 3. The molecule has 1 atom stereocenters. The Morgan fingerprint density at radius 2 is 1.91 bits per heavy atom. The molecule has 0 fully saturated rings. The number of nitrogen functional groups attached to an aromatic ring is 1. The molecule has 1 unspecified atom stereocenters. The highest BCUT2D eigenvalue weighted by atomic mass is 35.5. The molecule has 2 amide bonds. The lowest BCUT2D eigenvalue weighted by molar-refractivity contribution is -0.123. The third kappa shape index (κ3) is 7.34. The fourth-order valence-corrected chi connectivity index (χ4v) is 5.45. The van der Waals surface area contributed by atoms with Crippen LogP contribution in [0.5, 0.6) is 5.75 Å². The van der Waals surface area contributed by atoms with Crippen LogP contribution in [0.3, 0.4) is 0 Å². The molecule has 238 valence electrons. The maximum absolute atomic E-state index is 14.8. The highest BCUT2D eigenvalue weighted by molar-refractivity contribution is 6.37. The molecular formula is C27H23Cl2F5N8O3. The van der Waals surface area contributed by atoms with Crippen molar-refractivity contribution in [3.8, 4) is 17.0 Å². The number of urea groups is 1. The number of aliphatic hydroxyl groups is 1. The fraction of sp³-hybridized carbons (Fsp3) is 0.296. The lowest BCUT2D eigenvalue weighted by Crippen LogP contribution is -2.41. The van der Waals surface area contributed by atoms with Gasteiger partial charge in [-0.3, -0.25) is 0 Å². The molecule has 0 bridgehead atoms. The Morgan fingerprint density at radius 3 is 2.60 bits per heavy atom. The van der Waals surface area contributed by atoms with E-state index in [4.69, 9.17) is 33.7 Å². The normalized spacial score (nSPS) is 14.3. The van der Waals surface area contributed by atoms with Crippen LogP contribution in [0.1, 0.15) is 23.2 Å². The molecule has 0 saturated carbocycles. The largest absolute Gasteiger partial charge is 0.493 e. The lowest BCUT2D eigenvalue weighted by atomic mass is 9.90. The first-order chi connectivity index (χ1) is 21.2. The zero-order valence-corrected chi connectivity index (χ0v) is 24.5. The number of nitrogens with one attached hydrogen (secondary N) is 1. The molecule has 11 nitrogen and oxygen atoms in total. The minimum absolute atomic E-state index is 0.0558. The summed E-state index contributed by atoms with van der Waals surface area (Å²) in [6.45, 7) is -2.37. The molecule has 3 heterocycles. The Balaban J connectivity index is 1.44. The van der Waals surface area contributed by atoms with Crippen molar-refractivity contribution in [2.45, 2.75) is 37.8 Å². The molecule has 45 heavy (non-hydrogen) atoms. The number of carbonyl (C=O) groups excluding carboxylic acids is 1. The molecule has 0 radical (unpaired) electrons. The fourth-order valence-electron chi connectivity index (χ4n) is 4.88. The summed E-state index contributed by atoms with van der Waals surface area (Å²) in [5, 5.41) is 17.6. The van der Waals surface area contributed by atoms with Gasteiger partial charge in [-0.1, -0.05) is 29.3 Å². The SMILES string of the molecule is Nc1nc2c(c(-c3c(Cl)cc(Cl)cc3OCCC(O)(Cn3cncn3)c3ccc(F)cc3F)n1)CN(C(=O)NCC(F)(F)F)C2. The minimum Gasteiger partial charge on any atom is -0.493 e. The average molecular weight is 673 g/mol. The van der Waals surface area contributed by atoms with Crippen molar-refractivity contribution in [1.82, 2.24) is 34.9 Å². The van der Waals surface area contributed by atoms with Gasteiger partial charge in [0.25, 0.3) is 0 Å². The molecule has 2 aromatic carbocycles. The van der Waals surface area contributed by atoms with Crippen LogP contribution in [0.2, 0.25) is 10.0 Å². The summed E-state index contributed by atoms with van der Waals surface area (Å²) in [5.41, 5.74) is 4.74. The van der Waals surface area contributed by atoms with Gasteiger partial charge in [0.2, 0.25) is 5.95 Å². The van der Waals surface area contributed by atoms with E-state index < -0.39 is 36.0 Å². The predicted molar refractivity (Wildman–Crippen MR) is 151 cm³/mol. The Bertz CT molecular complexity index is 1730. The molecule has 1 aliphatic rings. The number of amides is 2. The molecule has 4 aromatic rings. The number of benzene rings is 2. The second-order valence-electron chi connectivity index (χ2n) is 10.1. The molecular weight excluding hydrogens is 650 g/mol. The van der Waals surface area contributed by atoms with Crippen molar-refractivity contribution < 1.29 is 36.6 Å². The number of rotatable bonds is 9. The van der Waals surface area contributed by atoms with Crippen molar-refractivity contribution in [3.63, 3.8) is 0 Å². The van der Waals surface area contributed by atoms with E-state index in [1.807, 2.05) is 5.32 Å². The second kappa shape index (κ2) is 12.6. The summed E-state index contributed by atoms with van der Waals surface area (Å²) in [5.74, 6) is -1.95. The average Bonchev–Trinajstić information content (AvgIpc) is 3.60. The zero-order chi connectivity index (χ0) is 32.5. The van der Waals surface area contributed by atoms with E-state index in [9.17, 15) is 31.9 Å². The number of ether oxygens (including phenoxy) is 1. The van der Waals surface area contributed by atoms with E-state index in [1.54, 1.807) is 0 Å². The molecule has 4 N–H and O–H groups in total. The first kappa shape index (κ1) is 32.1. The van der Waals surface area contributed by atoms with Gasteiger partial charge in [-0.05, 0) is 18.2 Å². The number of aromatic nitrogens is 5. The van der Waals surface area contributed by atoms with Gasteiger partial charge in [-0.25, -0.2) is 33.2 Å². The zero-order valence-electron chi connectivity index (χ0n) is 23.0. The molecule has 0 saturated heterocycles. The Labute approximate surface area is 261 Å². The molecule has 0 aliphatic carbocycles. The van der Waals surface area contributed by atoms with Crippen molar-refractivity contribution in [2.75, 3.05) is 18.9 Å². The summed E-state index contributed by atoms with van der Waals surface area (Å²) in [6, 6.07) is 4.59. The number of alkyl halides is 3. The third-order valence-electron chi connectivity index (χ3n) is 6.88. The Morgan fingerprint density at radius 1 is 1.13 bits per heavy atom. The van der Waals surface area contributed by atoms with Gasteiger partial charge in [-0.2, -0.15) is 18.3 Å². The number of halogens is 7. The van der Waals surface area contributed by atoms with Crippen molar-refractivity contribution in [1.29, 1.82) is 0 Å². The van der Waals surface area contributed by atoms with Gasteiger partial charge >= 0.3 is 12.2 Å². The van der Waals surface area contributed by atoms with E-state index in [1.165, 1.54) is 29.5 Å². The summed E-state index contributed by atoms with van der Waals surface area (Å²) in [7, 11) is 0. The molecule has 2 aromatic heterocycles. The van der Waals surface area contributed by atoms with Gasteiger partial charge in [0, 0.05) is 28.6 Å². The van der Waals surface area contributed by atoms with Crippen LogP contribution >= 0.6 is 23.2 Å². The number of nitrogens with zero attached hydrogens (tertiary/aromatic N) is 6. The topological polar surface area (TPSA) is 144 Å². The van der Waals surface area contributed by atoms with Gasteiger partial charge in [-0.15, -0.1) is 0 Å². The van der Waals surface area contributed by atoms with E-state index in [2.05, 4.69) is 20.1 Å². The van der Waals surface area contributed by atoms with Gasteiger partial charge < -0.3 is 25.8 Å². The van der Waals surface area contributed by atoms with Gasteiger partial charge in [0.15, 0.2) is 0 Å².